The number of nitrogens with one attached hydrogen (secondary N) is 1. The van der Waals surface area contributed by atoms with Crippen LogP contribution in [-0.4, -0.2) is 28.3 Å². The minimum atomic E-state index is -0.474. The number of aromatic nitrogens is 2. The summed E-state index contributed by atoms with van der Waals surface area (Å²) in [5.41, 5.74) is 5.18. The molecule has 1 heterocycles. The molecule has 2 unspecified atom stereocenters. The molecule has 5 heteroatoms. The van der Waals surface area contributed by atoms with Crippen LogP contribution in [-0.2, 0) is 11.3 Å². The largest absolute Gasteiger partial charge is 0.351 e. The molecule has 0 aliphatic heterocycles. The van der Waals surface area contributed by atoms with Gasteiger partial charge in [0.25, 0.3) is 0 Å². The molecule has 5 nitrogen and oxygen atoms in total. The van der Waals surface area contributed by atoms with Gasteiger partial charge in [0.1, 0.15) is 0 Å². The summed E-state index contributed by atoms with van der Waals surface area (Å²) in [7, 11) is 0. The second kappa shape index (κ2) is 5.82. The normalized spacial score (nSPS) is 16.2. The summed E-state index contributed by atoms with van der Waals surface area (Å²) in [6.07, 6.45) is 4.35. The first-order chi connectivity index (χ1) is 8.01. The molecule has 0 spiro atoms. The lowest BCUT2D eigenvalue weighted by Crippen LogP contribution is -2.47. The average molecular weight is 238 g/mol. The Bertz CT molecular complexity index is 343. The van der Waals surface area contributed by atoms with E-state index in [0.29, 0.717) is 13.1 Å². The van der Waals surface area contributed by atoms with Crippen molar-refractivity contribution in [2.75, 3.05) is 6.54 Å². The van der Waals surface area contributed by atoms with Crippen molar-refractivity contribution < 1.29 is 4.79 Å². The van der Waals surface area contributed by atoms with Crippen LogP contribution in [0.2, 0.25) is 0 Å². The maximum Gasteiger partial charge on any atom is 0.227 e. The Hall–Kier alpha value is -1.36. The molecule has 2 atom stereocenters. The van der Waals surface area contributed by atoms with E-state index in [9.17, 15) is 4.79 Å². The van der Waals surface area contributed by atoms with E-state index in [0.717, 1.165) is 6.42 Å². The van der Waals surface area contributed by atoms with E-state index in [4.69, 9.17) is 5.73 Å². The van der Waals surface area contributed by atoms with Crippen LogP contribution in [0.5, 0.6) is 0 Å². The zero-order chi connectivity index (χ0) is 12.9. The molecule has 3 N–H and O–H groups in total. The number of carbonyl (C=O) groups excluding carboxylic acids is 1. The maximum atomic E-state index is 12.0. The van der Waals surface area contributed by atoms with Crippen LogP contribution in [0.3, 0.4) is 0 Å². The number of amides is 1. The van der Waals surface area contributed by atoms with Crippen LogP contribution in [0.4, 0.5) is 0 Å². The number of rotatable bonds is 6. The molecule has 1 amide bonds. The van der Waals surface area contributed by atoms with Crippen molar-refractivity contribution >= 4 is 5.91 Å². The topological polar surface area (TPSA) is 72.9 Å². The predicted octanol–water partition coefficient (Wildman–Crippen LogP) is 0.763. The standard InChI is InChI=1S/C12H22N4O/c1-4-12(3,9-13)11(17)15-10(2)8-16-7-5-6-14-16/h5-7,10H,4,8-9,13H2,1-3H3,(H,15,17). The van der Waals surface area contributed by atoms with E-state index in [1.165, 1.54) is 0 Å². The summed E-state index contributed by atoms with van der Waals surface area (Å²) in [6, 6.07) is 1.91. The summed E-state index contributed by atoms with van der Waals surface area (Å²) in [5, 5.41) is 7.09. The monoisotopic (exact) mass is 238 g/mol. The van der Waals surface area contributed by atoms with E-state index < -0.39 is 5.41 Å². The van der Waals surface area contributed by atoms with Gasteiger partial charge in [0.2, 0.25) is 5.91 Å². The lowest BCUT2D eigenvalue weighted by atomic mass is 9.86. The van der Waals surface area contributed by atoms with Gasteiger partial charge in [-0.3, -0.25) is 9.48 Å². The molecule has 0 fully saturated rings. The molecule has 0 saturated heterocycles. The second-order valence-corrected chi connectivity index (χ2v) is 4.72. The highest BCUT2D eigenvalue weighted by Crippen LogP contribution is 2.19. The van der Waals surface area contributed by atoms with E-state index >= 15 is 0 Å². The highest BCUT2D eigenvalue weighted by molar-refractivity contribution is 5.82. The van der Waals surface area contributed by atoms with Crippen LogP contribution in [0, 0.1) is 5.41 Å². The van der Waals surface area contributed by atoms with Crippen molar-refractivity contribution in [3.8, 4) is 0 Å². The maximum absolute atomic E-state index is 12.0. The molecule has 1 aromatic rings. The molecule has 0 aliphatic rings. The molecule has 0 bridgehead atoms. The quantitative estimate of drug-likeness (QED) is 0.768. The summed E-state index contributed by atoms with van der Waals surface area (Å²) in [5.74, 6) is 0.0159. The van der Waals surface area contributed by atoms with Crippen molar-refractivity contribution in [3.05, 3.63) is 18.5 Å². The third kappa shape index (κ3) is 3.56. The summed E-state index contributed by atoms with van der Waals surface area (Å²) in [6.45, 7) is 6.87. The van der Waals surface area contributed by atoms with Crippen molar-refractivity contribution in [2.45, 2.75) is 39.8 Å². The summed E-state index contributed by atoms with van der Waals surface area (Å²) >= 11 is 0. The van der Waals surface area contributed by atoms with Gasteiger partial charge < -0.3 is 11.1 Å². The smallest absolute Gasteiger partial charge is 0.227 e. The number of hydrogen-bond acceptors (Lipinski definition) is 3. The predicted molar refractivity (Wildman–Crippen MR) is 67.3 cm³/mol. The van der Waals surface area contributed by atoms with Crippen molar-refractivity contribution in [3.63, 3.8) is 0 Å². The first-order valence-corrected chi connectivity index (χ1v) is 6.00. The number of hydrogen-bond donors (Lipinski definition) is 2. The van der Waals surface area contributed by atoms with Gasteiger partial charge in [0.15, 0.2) is 0 Å². The van der Waals surface area contributed by atoms with Crippen LogP contribution in [0.15, 0.2) is 18.5 Å². The number of nitrogens with zero attached hydrogens (tertiary/aromatic N) is 2. The fourth-order valence-corrected chi connectivity index (χ4v) is 1.53. The van der Waals surface area contributed by atoms with Gasteiger partial charge in [-0.05, 0) is 26.3 Å². The fraction of sp³-hybridized carbons (Fsp3) is 0.667. The molecular formula is C12H22N4O. The minimum absolute atomic E-state index is 0.0159. The van der Waals surface area contributed by atoms with Crippen LogP contribution < -0.4 is 11.1 Å². The molecule has 0 saturated carbocycles. The lowest BCUT2D eigenvalue weighted by Gasteiger charge is -2.27. The van der Waals surface area contributed by atoms with E-state index in [2.05, 4.69) is 10.4 Å². The van der Waals surface area contributed by atoms with Crippen LogP contribution in [0.25, 0.3) is 0 Å². The van der Waals surface area contributed by atoms with E-state index in [1.54, 1.807) is 10.9 Å². The third-order valence-corrected chi connectivity index (χ3v) is 3.18. The summed E-state index contributed by atoms with van der Waals surface area (Å²) in [4.78, 5) is 12.0. The van der Waals surface area contributed by atoms with Gasteiger partial charge in [0.05, 0.1) is 12.0 Å². The molecular weight excluding hydrogens is 216 g/mol. The van der Waals surface area contributed by atoms with Gasteiger partial charge in [-0.1, -0.05) is 6.92 Å². The van der Waals surface area contributed by atoms with Crippen molar-refractivity contribution in [1.29, 1.82) is 0 Å². The Morgan fingerprint density at radius 1 is 1.65 bits per heavy atom. The number of nitrogens with two attached hydrogens (primary N) is 1. The van der Waals surface area contributed by atoms with Crippen molar-refractivity contribution in [2.24, 2.45) is 11.1 Å². The fourth-order valence-electron chi connectivity index (χ4n) is 1.53. The Labute approximate surface area is 102 Å². The average Bonchev–Trinajstić information content (AvgIpc) is 2.80. The number of carbonyl (C=O) groups is 1. The highest BCUT2D eigenvalue weighted by atomic mass is 16.2. The molecule has 1 rings (SSSR count). The van der Waals surface area contributed by atoms with E-state index in [1.807, 2.05) is 33.0 Å². The molecule has 96 valence electrons. The van der Waals surface area contributed by atoms with Crippen LogP contribution in [0.1, 0.15) is 27.2 Å². The van der Waals surface area contributed by atoms with Gasteiger partial charge in [0, 0.05) is 25.0 Å². The van der Waals surface area contributed by atoms with Gasteiger partial charge >= 0.3 is 0 Å². The Morgan fingerprint density at radius 2 is 2.35 bits per heavy atom. The summed E-state index contributed by atoms with van der Waals surface area (Å²) < 4.78 is 1.80. The minimum Gasteiger partial charge on any atom is -0.351 e. The third-order valence-electron chi connectivity index (χ3n) is 3.18. The lowest BCUT2D eigenvalue weighted by molar-refractivity contribution is -0.130. The van der Waals surface area contributed by atoms with E-state index in [-0.39, 0.29) is 11.9 Å². The highest BCUT2D eigenvalue weighted by Gasteiger charge is 2.30. The first kappa shape index (κ1) is 13.7. The van der Waals surface area contributed by atoms with Gasteiger partial charge in [-0.25, -0.2) is 0 Å². The SMILES string of the molecule is CCC(C)(CN)C(=O)NC(C)Cn1cccn1. The zero-order valence-electron chi connectivity index (χ0n) is 10.8. The van der Waals surface area contributed by atoms with Crippen molar-refractivity contribution in [1.82, 2.24) is 15.1 Å². The molecule has 0 aliphatic carbocycles. The first-order valence-electron chi connectivity index (χ1n) is 6.00. The van der Waals surface area contributed by atoms with Gasteiger partial charge in [-0.15, -0.1) is 0 Å². The van der Waals surface area contributed by atoms with Gasteiger partial charge in [-0.2, -0.15) is 5.10 Å². The zero-order valence-corrected chi connectivity index (χ0v) is 10.8. The Kier molecular flexibility index (Phi) is 4.69. The molecule has 1 aromatic heterocycles. The molecule has 0 radical (unpaired) electrons. The Morgan fingerprint density at radius 3 is 2.82 bits per heavy atom. The Balaban J connectivity index is 2.51. The molecule has 17 heavy (non-hydrogen) atoms. The molecule has 0 aromatic carbocycles. The second-order valence-electron chi connectivity index (χ2n) is 4.72. The van der Waals surface area contributed by atoms with Crippen LogP contribution >= 0.6 is 0 Å².